The summed E-state index contributed by atoms with van der Waals surface area (Å²) < 4.78 is 10.6. The number of halogens is 1. The Kier molecular flexibility index (Phi) is 4.12. The van der Waals surface area contributed by atoms with E-state index in [9.17, 15) is 5.02 Å². The summed E-state index contributed by atoms with van der Waals surface area (Å²) in [7, 11) is -1.00. The Labute approximate surface area is 132 Å². The molecule has 0 aliphatic carbocycles. The first-order valence-electron chi connectivity index (χ1n) is 6.30. The number of benzene rings is 2. The van der Waals surface area contributed by atoms with Crippen molar-refractivity contribution in [2.24, 2.45) is 0 Å². The van der Waals surface area contributed by atoms with Crippen LogP contribution in [0.3, 0.4) is 0 Å². The first kappa shape index (κ1) is 14.3. The summed E-state index contributed by atoms with van der Waals surface area (Å²) in [4.78, 5) is 0. The summed E-state index contributed by atoms with van der Waals surface area (Å²) in [6.45, 7) is 0.349. The highest BCUT2D eigenvalue weighted by molar-refractivity contribution is 7.80. The predicted octanol–water partition coefficient (Wildman–Crippen LogP) is 2.33. The number of nitrogens with one attached hydrogen (secondary N) is 1. The molecule has 21 heavy (non-hydrogen) atoms. The minimum absolute atomic E-state index is 0.177. The summed E-state index contributed by atoms with van der Waals surface area (Å²) in [6, 6.07) is 12.8. The largest absolute Gasteiger partial charge is 0.493 e. The lowest BCUT2D eigenvalue weighted by Gasteiger charge is -2.12. The van der Waals surface area contributed by atoms with Crippen molar-refractivity contribution in [3.63, 3.8) is 0 Å². The van der Waals surface area contributed by atoms with Crippen molar-refractivity contribution in [3.8, 4) is 5.75 Å². The Balaban J connectivity index is 1.77. The molecule has 0 amide bonds. The van der Waals surface area contributed by atoms with Gasteiger partial charge in [0.25, 0.3) is 5.17 Å². The van der Waals surface area contributed by atoms with Crippen LogP contribution in [0.1, 0.15) is 5.56 Å². The van der Waals surface area contributed by atoms with Crippen molar-refractivity contribution < 1.29 is 14.4 Å². The van der Waals surface area contributed by atoms with E-state index in [4.69, 9.17) is 33.2 Å². The van der Waals surface area contributed by atoms with Gasteiger partial charge in [-0.05, 0) is 36.0 Å². The zero-order valence-corrected chi connectivity index (χ0v) is 12.4. The van der Waals surface area contributed by atoms with Crippen molar-refractivity contribution >= 4 is 47.3 Å². The summed E-state index contributed by atoms with van der Waals surface area (Å²) in [5.74, 6) is 0.635. The number of hydrogen-bond acceptors (Lipinski definition) is 4. The molecule has 0 unspecified atom stereocenters. The highest BCUT2D eigenvalue weighted by atomic mass is 35.5. The molecule has 3 rings (SSSR count). The Morgan fingerprint density at radius 1 is 1.29 bits per heavy atom. The van der Waals surface area contributed by atoms with Crippen molar-refractivity contribution in [1.29, 1.82) is 0 Å². The zero-order valence-electron chi connectivity index (χ0n) is 10.9. The van der Waals surface area contributed by atoms with E-state index in [1.165, 1.54) is 0 Å². The molecular formula is C14H11BClNO3S. The van der Waals surface area contributed by atoms with E-state index in [2.05, 4.69) is 5.32 Å². The third kappa shape index (κ3) is 3.03. The molecule has 0 fully saturated rings. The molecule has 2 aromatic rings. The van der Waals surface area contributed by atoms with Gasteiger partial charge in [0.05, 0.1) is 17.3 Å². The van der Waals surface area contributed by atoms with Crippen LogP contribution in [0, 0.1) is 0 Å². The summed E-state index contributed by atoms with van der Waals surface area (Å²) in [5, 5.41) is 13.2. The van der Waals surface area contributed by atoms with Gasteiger partial charge in [0.2, 0.25) is 0 Å². The quantitative estimate of drug-likeness (QED) is 0.657. The maximum atomic E-state index is 9.76. The Morgan fingerprint density at radius 2 is 2.05 bits per heavy atom. The molecule has 0 aromatic heterocycles. The Bertz CT molecular complexity index is 683. The molecular weight excluding hydrogens is 308 g/mol. The second kappa shape index (κ2) is 6.03. The number of ether oxygens (including phenoxy) is 1. The average molecular weight is 320 g/mol. The van der Waals surface area contributed by atoms with Crippen LogP contribution in [-0.4, -0.2) is 17.3 Å². The number of rotatable bonds is 2. The molecule has 0 spiro atoms. The van der Waals surface area contributed by atoms with Crippen LogP contribution >= 0.6 is 23.8 Å². The molecule has 0 atom stereocenters. The molecule has 1 aliphatic rings. The van der Waals surface area contributed by atoms with Gasteiger partial charge in [-0.3, -0.25) is 0 Å². The molecule has 106 valence electrons. The van der Waals surface area contributed by atoms with Crippen molar-refractivity contribution in [1.82, 2.24) is 0 Å². The lowest BCUT2D eigenvalue weighted by molar-refractivity contribution is 0.275. The van der Waals surface area contributed by atoms with Crippen molar-refractivity contribution in [2.75, 3.05) is 5.32 Å². The smallest absolute Gasteiger partial charge is 0.432 e. The van der Waals surface area contributed by atoms with Crippen LogP contribution in [0.2, 0.25) is 5.02 Å². The summed E-state index contributed by atoms with van der Waals surface area (Å²) in [6.07, 6.45) is 0. The first-order chi connectivity index (χ1) is 10.1. The summed E-state index contributed by atoms with van der Waals surface area (Å²) in [5.41, 5.74) is 2.01. The Morgan fingerprint density at radius 3 is 2.81 bits per heavy atom. The number of anilines is 1. The fraction of sp³-hybridized carbons (Fsp3) is 0.0714. The van der Waals surface area contributed by atoms with E-state index >= 15 is 0 Å². The van der Waals surface area contributed by atoms with Gasteiger partial charge in [0, 0.05) is 5.46 Å². The van der Waals surface area contributed by atoms with Crippen molar-refractivity contribution in [3.05, 3.63) is 53.1 Å². The van der Waals surface area contributed by atoms with E-state index in [0.717, 1.165) is 5.56 Å². The molecule has 4 nitrogen and oxygen atoms in total. The van der Waals surface area contributed by atoms with Crippen LogP contribution in [0.15, 0.2) is 42.5 Å². The van der Waals surface area contributed by atoms with E-state index in [0.29, 0.717) is 28.5 Å². The van der Waals surface area contributed by atoms with Crippen LogP contribution in [0.5, 0.6) is 5.75 Å². The standard InChI is InChI=1S/C14H11BClNO3S/c16-13-11(7-6-9-8-19-15(18)12(9)13)17-14(21)20-10-4-2-1-3-5-10/h1-7,18H,8H2,(H,17,21). The van der Waals surface area contributed by atoms with E-state index in [1.807, 2.05) is 24.3 Å². The number of hydrogen-bond donors (Lipinski definition) is 2. The fourth-order valence-electron chi connectivity index (χ4n) is 2.11. The maximum Gasteiger partial charge on any atom is 0.493 e. The molecule has 0 bridgehead atoms. The highest BCUT2D eigenvalue weighted by Crippen LogP contribution is 2.25. The number of fused-ring (bicyclic) bond motifs is 1. The zero-order chi connectivity index (χ0) is 14.8. The van der Waals surface area contributed by atoms with Gasteiger partial charge >= 0.3 is 7.12 Å². The molecule has 7 heteroatoms. The van der Waals surface area contributed by atoms with Crippen LogP contribution in [0.4, 0.5) is 5.69 Å². The fourth-order valence-corrected chi connectivity index (χ4v) is 2.64. The normalized spacial score (nSPS) is 13.0. The van der Waals surface area contributed by atoms with Gasteiger partial charge in [-0.1, -0.05) is 35.9 Å². The van der Waals surface area contributed by atoms with Gasteiger partial charge < -0.3 is 19.7 Å². The van der Waals surface area contributed by atoms with E-state index in [1.54, 1.807) is 18.2 Å². The van der Waals surface area contributed by atoms with E-state index in [-0.39, 0.29) is 5.17 Å². The van der Waals surface area contributed by atoms with Gasteiger partial charge in [-0.2, -0.15) is 0 Å². The lowest BCUT2D eigenvalue weighted by Crippen LogP contribution is -2.30. The van der Waals surface area contributed by atoms with Gasteiger partial charge in [-0.15, -0.1) is 0 Å². The molecule has 0 saturated heterocycles. The first-order valence-corrected chi connectivity index (χ1v) is 7.08. The lowest BCUT2D eigenvalue weighted by atomic mass is 9.79. The number of thiocarbonyl (C=S) groups is 1. The topological polar surface area (TPSA) is 50.7 Å². The van der Waals surface area contributed by atoms with Gasteiger partial charge in [-0.25, -0.2) is 0 Å². The maximum absolute atomic E-state index is 9.76. The molecule has 2 N–H and O–H groups in total. The third-order valence-corrected chi connectivity index (χ3v) is 3.70. The van der Waals surface area contributed by atoms with Crippen molar-refractivity contribution in [2.45, 2.75) is 6.61 Å². The molecule has 2 aromatic carbocycles. The summed E-state index contributed by atoms with van der Waals surface area (Å²) >= 11 is 11.4. The third-order valence-electron chi connectivity index (χ3n) is 3.10. The van der Waals surface area contributed by atoms with Gasteiger partial charge in [0.15, 0.2) is 0 Å². The second-order valence-electron chi connectivity index (χ2n) is 4.49. The minimum Gasteiger partial charge on any atom is -0.432 e. The van der Waals surface area contributed by atoms with Gasteiger partial charge in [0.1, 0.15) is 5.75 Å². The molecule has 1 aliphatic heterocycles. The molecule has 0 saturated carbocycles. The van der Waals surface area contributed by atoms with E-state index < -0.39 is 7.12 Å². The SMILES string of the molecule is OB1OCc2ccc(NC(=S)Oc3ccccc3)c(Cl)c21. The monoisotopic (exact) mass is 319 g/mol. The molecule has 1 heterocycles. The Hall–Kier alpha value is -1.60. The highest BCUT2D eigenvalue weighted by Gasteiger charge is 2.31. The number of para-hydroxylation sites is 1. The van der Waals surface area contributed by atoms with Crippen LogP contribution in [-0.2, 0) is 11.3 Å². The average Bonchev–Trinajstić information content (AvgIpc) is 2.85. The predicted molar refractivity (Wildman–Crippen MR) is 87.1 cm³/mol. The minimum atomic E-state index is -1.00. The van der Waals surface area contributed by atoms with Crippen LogP contribution in [0.25, 0.3) is 0 Å². The molecule has 0 radical (unpaired) electrons. The second-order valence-corrected chi connectivity index (χ2v) is 5.24. The van der Waals surface area contributed by atoms with Crippen LogP contribution < -0.4 is 15.5 Å².